The van der Waals surface area contributed by atoms with Crippen LogP contribution < -0.4 is 0 Å². The van der Waals surface area contributed by atoms with E-state index in [0.29, 0.717) is 25.7 Å². The normalized spacial score (nSPS) is 13.1. The summed E-state index contributed by atoms with van der Waals surface area (Å²) in [5.41, 5.74) is 0. The lowest BCUT2D eigenvalue weighted by Crippen LogP contribution is -2.30. The summed E-state index contributed by atoms with van der Waals surface area (Å²) in [6.45, 7) is 6.30. The fourth-order valence-corrected chi connectivity index (χ4v) is 7.02. The Bertz CT molecular complexity index is 1510. The van der Waals surface area contributed by atoms with E-state index < -0.39 is 6.10 Å². The first-order valence-corrected chi connectivity index (χ1v) is 27.7. The zero-order valence-corrected chi connectivity index (χ0v) is 44.3. The van der Waals surface area contributed by atoms with Crippen molar-refractivity contribution in [2.45, 2.75) is 232 Å². The summed E-state index contributed by atoms with van der Waals surface area (Å²) in [6, 6.07) is 0. The van der Waals surface area contributed by atoms with Crippen LogP contribution in [0.2, 0.25) is 0 Å². The van der Waals surface area contributed by atoms with Crippen molar-refractivity contribution in [2.24, 2.45) is 0 Å². The molecule has 0 aromatic carbocycles. The van der Waals surface area contributed by atoms with Crippen LogP contribution in [0.15, 0.2) is 134 Å². The predicted octanol–water partition coefficient (Wildman–Crippen LogP) is 18.6. The molecule has 0 saturated heterocycles. The third-order valence-electron chi connectivity index (χ3n) is 11.1. The van der Waals surface area contributed by atoms with Crippen molar-refractivity contribution < 1.29 is 28.6 Å². The summed E-state index contributed by atoms with van der Waals surface area (Å²) in [7, 11) is 0. The standard InChI is InChI=1S/C63H100O6/c1-4-7-10-13-16-19-22-25-28-30-31-33-35-38-41-44-47-50-53-56-62(65)68-59-60(58-67-61(64)55-52-49-46-43-40-37-34-27-24-21-18-15-12-9-6-3)69-63(66)57-54-51-48-45-42-39-36-32-29-26-23-20-17-14-11-8-5-2/h7,9-10,12,16-21,25-29,31,33-34,38,40-41,43,60H,4-6,8,11,13-15,22-24,30,32,35-37,39,42,44-59H2,1-3H3/b10-7-,12-9-,19-16-,20-17-,21-18-,28-25-,29-26-,33-31-,34-27-,41-38-,43-40-/t60-/m1/s1. The third kappa shape index (κ3) is 54.4. The Balaban J connectivity index is 4.55. The second-order valence-electron chi connectivity index (χ2n) is 17.7. The summed E-state index contributed by atoms with van der Waals surface area (Å²) in [5, 5.41) is 0. The van der Waals surface area contributed by atoms with Gasteiger partial charge in [0.2, 0.25) is 0 Å². The van der Waals surface area contributed by atoms with Crippen LogP contribution in [0.3, 0.4) is 0 Å². The lowest BCUT2D eigenvalue weighted by atomic mass is 10.1. The maximum Gasteiger partial charge on any atom is 0.306 e. The first kappa shape index (κ1) is 64.5. The molecule has 0 aliphatic rings. The Hall–Kier alpha value is -4.45. The van der Waals surface area contributed by atoms with Crippen LogP contribution in [0.5, 0.6) is 0 Å². The van der Waals surface area contributed by atoms with Crippen molar-refractivity contribution in [3.8, 4) is 0 Å². The molecule has 0 N–H and O–H groups in total. The van der Waals surface area contributed by atoms with E-state index in [1.807, 2.05) is 0 Å². The first-order valence-electron chi connectivity index (χ1n) is 27.7. The van der Waals surface area contributed by atoms with Gasteiger partial charge in [0, 0.05) is 19.3 Å². The molecule has 0 bridgehead atoms. The Morgan fingerprint density at radius 1 is 0.304 bits per heavy atom. The Labute approximate surface area is 424 Å². The number of allylic oxidation sites excluding steroid dienone is 22. The molecule has 0 radical (unpaired) electrons. The van der Waals surface area contributed by atoms with Gasteiger partial charge in [0.15, 0.2) is 6.10 Å². The van der Waals surface area contributed by atoms with E-state index in [1.165, 1.54) is 51.4 Å². The minimum absolute atomic E-state index is 0.116. The molecule has 0 spiro atoms. The van der Waals surface area contributed by atoms with Gasteiger partial charge in [-0.2, -0.15) is 0 Å². The SMILES string of the molecule is CC/C=C\C/C=C\C/C=C\C/C=C\C/C=C\CCCCCC(=O)OC[C@@H](COC(=O)CCCC/C=C\C/C=C\C/C=C\C/C=C\CC)OC(=O)CCCCCCCCC/C=C\C/C=C\CCCCC. The van der Waals surface area contributed by atoms with Gasteiger partial charge in [0.1, 0.15) is 13.2 Å². The number of carbonyl (C=O) groups excluding carboxylic acids is 3. The number of carbonyl (C=O) groups is 3. The molecule has 0 saturated carbocycles. The molecular formula is C63H100O6. The number of hydrogen-bond acceptors (Lipinski definition) is 6. The third-order valence-corrected chi connectivity index (χ3v) is 11.1. The number of unbranched alkanes of at least 4 members (excludes halogenated alkanes) is 15. The highest BCUT2D eigenvalue weighted by Gasteiger charge is 2.19. The van der Waals surface area contributed by atoms with Crippen LogP contribution in [0, 0.1) is 0 Å². The van der Waals surface area contributed by atoms with E-state index in [9.17, 15) is 14.4 Å². The summed E-state index contributed by atoms with van der Waals surface area (Å²) in [5.74, 6) is -1.00. The molecule has 0 amide bonds. The van der Waals surface area contributed by atoms with E-state index in [0.717, 1.165) is 128 Å². The minimum atomic E-state index is -0.819. The van der Waals surface area contributed by atoms with Gasteiger partial charge in [0.05, 0.1) is 0 Å². The molecule has 0 aromatic heterocycles. The summed E-state index contributed by atoms with van der Waals surface area (Å²) in [4.78, 5) is 38.1. The highest BCUT2D eigenvalue weighted by Crippen LogP contribution is 2.13. The lowest BCUT2D eigenvalue weighted by Gasteiger charge is -2.18. The van der Waals surface area contributed by atoms with Gasteiger partial charge in [-0.15, -0.1) is 0 Å². The van der Waals surface area contributed by atoms with Gasteiger partial charge in [-0.25, -0.2) is 0 Å². The van der Waals surface area contributed by atoms with Gasteiger partial charge in [-0.3, -0.25) is 14.4 Å². The van der Waals surface area contributed by atoms with Crippen molar-refractivity contribution in [3.63, 3.8) is 0 Å². The molecule has 0 aromatic rings. The summed E-state index contributed by atoms with van der Waals surface area (Å²) >= 11 is 0. The number of esters is 3. The van der Waals surface area contributed by atoms with Gasteiger partial charge in [-0.05, 0) is 135 Å². The van der Waals surface area contributed by atoms with Gasteiger partial charge in [0.25, 0.3) is 0 Å². The molecule has 0 aliphatic heterocycles. The highest BCUT2D eigenvalue weighted by molar-refractivity contribution is 5.71. The predicted molar refractivity (Wildman–Crippen MR) is 297 cm³/mol. The Kier molecular flexibility index (Phi) is 52.5. The average Bonchev–Trinajstić information content (AvgIpc) is 3.35. The molecule has 388 valence electrons. The molecule has 6 nitrogen and oxygen atoms in total. The fourth-order valence-electron chi connectivity index (χ4n) is 7.02. The molecule has 0 rings (SSSR count). The molecule has 6 heteroatoms. The average molecular weight is 953 g/mol. The molecular weight excluding hydrogens is 853 g/mol. The topological polar surface area (TPSA) is 78.9 Å². The summed E-state index contributed by atoms with van der Waals surface area (Å²) < 4.78 is 16.8. The zero-order valence-electron chi connectivity index (χ0n) is 44.3. The molecule has 69 heavy (non-hydrogen) atoms. The quantitative estimate of drug-likeness (QED) is 0.0262. The maximum absolute atomic E-state index is 12.8. The van der Waals surface area contributed by atoms with Gasteiger partial charge in [-0.1, -0.05) is 206 Å². The van der Waals surface area contributed by atoms with E-state index in [2.05, 4.69) is 154 Å². The molecule has 0 aliphatic carbocycles. The molecule has 0 heterocycles. The largest absolute Gasteiger partial charge is 0.462 e. The monoisotopic (exact) mass is 953 g/mol. The smallest absolute Gasteiger partial charge is 0.306 e. The van der Waals surface area contributed by atoms with Crippen molar-refractivity contribution >= 4 is 17.9 Å². The van der Waals surface area contributed by atoms with Crippen LogP contribution in [0.25, 0.3) is 0 Å². The van der Waals surface area contributed by atoms with Crippen molar-refractivity contribution in [1.29, 1.82) is 0 Å². The fraction of sp³-hybridized carbons (Fsp3) is 0.603. The van der Waals surface area contributed by atoms with E-state index in [-0.39, 0.29) is 31.1 Å². The Morgan fingerprint density at radius 2 is 0.565 bits per heavy atom. The van der Waals surface area contributed by atoms with Gasteiger partial charge >= 0.3 is 17.9 Å². The van der Waals surface area contributed by atoms with Crippen LogP contribution in [0.4, 0.5) is 0 Å². The van der Waals surface area contributed by atoms with E-state index in [1.54, 1.807) is 0 Å². The second-order valence-corrected chi connectivity index (χ2v) is 17.7. The van der Waals surface area contributed by atoms with Crippen LogP contribution in [-0.4, -0.2) is 37.2 Å². The molecule has 0 unspecified atom stereocenters. The molecule has 1 atom stereocenters. The van der Waals surface area contributed by atoms with Crippen LogP contribution >= 0.6 is 0 Å². The lowest BCUT2D eigenvalue weighted by molar-refractivity contribution is -0.167. The molecule has 0 fully saturated rings. The van der Waals surface area contributed by atoms with E-state index in [4.69, 9.17) is 14.2 Å². The maximum atomic E-state index is 12.8. The van der Waals surface area contributed by atoms with E-state index >= 15 is 0 Å². The van der Waals surface area contributed by atoms with Crippen LogP contribution in [-0.2, 0) is 28.6 Å². The Morgan fingerprint density at radius 3 is 0.928 bits per heavy atom. The van der Waals surface area contributed by atoms with Crippen molar-refractivity contribution in [1.82, 2.24) is 0 Å². The minimum Gasteiger partial charge on any atom is -0.462 e. The van der Waals surface area contributed by atoms with Crippen LogP contribution in [0.1, 0.15) is 226 Å². The van der Waals surface area contributed by atoms with Crippen molar-refractivity contribution in [2.75, 3.05) is 13.2 Å². The highest BCUT2D eigenvalue weighted by atomic mass is 16.6. The number of hydrogen-bond donors (Lipinski definition) is 0. The number of ether oxygens (including phenoxy) is 3. The number of rotatable bonds is 48. The van der Waals surface area contributed by atoms with Gasteiger partial charge < -0.3 is 14.2 Å². The van der Waals surface area contributed by atoms with Crippen molar-refractivity contribution in [3.05, 3.63) is 134 Å². The first-order chi connectivity index (χ1) is 34.0. The summed E-state index contributed by atoms with van der Waals surface area (Å²) in [6.07, 6.45) is 78.6. The zero-order chi connectivity index (χ0) is 50.0. The second kappa shape index (κ2) is 56.1.